The molecule has 0 spiro atoms. The molecule has 0 unspecified atom stereocenters. The number of anilines is 1. The number of hydrogen-bond acceptors (Lipinski definition) is 4. The van der Waals surface area contributed by atoms with Gasteiger partial charge >= 0.3 is 0 Å². The molecule has 1 saturated heterocycles. The fourth-order valence-electron chi connectivity index (χ4n) is 3.29. The molecule has 0 atom stereocenters. The van der Waals surface area contributed by atoms with Crippen LogP contribution >= 0.6 is 0 Å². The minimum absolute atomic E-state index is 0.153. The summed E-state index contributed by atoms with van der Waals surface area (Å²) in [6.45, 7) is 5.82. The van der Waals surface area contributed by atoms with Crippen LogP contribution < -0.4 is 10.1 Å². The minimum Gasteiger partial charge on any atom is -0.494 e. The number of methoxy groups -OCH3 is 1. The van der Waals surface area contributed by atoms with Crippen molar-refractivity contribution in [1.29, 1.82) is 0 Å². The van der Waals surface area contributed by atoms with Gasteiger partial charge in [0.2, 0.25) is 5.91 Å². The summed E-state index contributed by atoms with van der Waals surface area (Å²) in [5.41, 5.74) is 2.22. The highest BCUT2D eigenvalue weighted by atomic mass is 19.1. The van der Waals surface area contributed by atoms with Crippen molar-refractivity contribution >= 4 is 11.6 Å². The predicted octanol–water partition coefficient (Wildman–Crippen LogP) is 3.04. The van der Waals surface area contributed by atoms with Crippen molar-refractivity contribution in [2.75, 3.05) is 45.2 Å². The molecular formula is C21H25F2N3O2. The van der Waals surface area contributed by atoms with Crippen molar-refractivity contribution in [2.45, 2.75) is 13.5 Å². The summed E-state index contributed by atoms with van der Waals surface area (Å²) in [6, 6.07) is 9.35. The summed E-state index contributed by atoms with van der Waals surface area (Å²) in [6.07, 6.45) is 0. The van der Waals surface area contributed by atoms with Crippen LogP contribution in [0.2, 0.25) is 0 Å². The first-order chi connectivity index (χ1) is 13.4. The van der Waals surface area contributed by atoms with E-state index in [1.54, 1.807) is 12.1 Å². The summed E-state index contributed by atoms with van der Waals surface area (Å²) in [5.74, 6) is -0.639. The fourth-order valence-corrected chi connectivity index (χ4v) is 3.29. The Bertz CT molecular complexity index is 836. The van der Waals surface area contributed by atoms with Crippen molar-refractivity contribution in [3.05, 3.63) is 59.2 Å². The first kappa shape index (κ1) is 20.2. The zero-order valence-electron chi connectivity index (χ0n) is 16.2. The van der Waals surface area contributed by atoms with E-state index < -0.39 is 0 Å². The lowest BCUT2D eigenvalue weighted by atomic mass is 10.1. The topological polar surface area (TPSA) is 44.8 Å². The highest BCUT2D eigenvalue weighted by Gasteiger charge is 2.20. The van der Waals surface area contributed by atoms with E-state index >= 15 is 0 Å². The molecule has 0 aliphatic carbocycles. The largest absolute Gasteiger partial charge is 0.494 e. The van der Waals surface area contributed by atoms with Crippen LogP contribution in [-0.2, 0) is 11.3 Å². The molecule has 0 aromatic heterocycles. The molecule has 5 nitrogen and oxygen atoms in total. The maximum Gasteiger partial charge on any atom is 0.238 e. The maximum atomic E-state index is 13.8. The maximum absolute atomic E-state index is 13.8. The van der Waals surface area contributed by atoms with Gasteiger partial charge in [0.25, 0.3) is 0 Å². The molecule has 28 heavy (non-hydrogen) atoms. The molecule has 1 aliphatic rings. The van der Waals surface area contributed by atoms with Gasteiger partial charge in [-0.3, -0.25) is 14.6 Å². The minimum atomic E-state index is -0.371. The second kappa shape index (κ2) is 9.12. The summed E-state index contributed by atoms with van der Waals surface area (Å²) in [7, 11) is 1.45. The molecule has 7 heteroatoms. The normalized spacial score (nSPS) is 15.4. The lowest BCUT2D eigenvalue weighted by molar-refractivity contribution is -0.117. The van der Waals surface area contributed by atoms with Gasteiger partial charge in [-0.1, -0.05) is 12.1 Å². The number of carbonyl (C=O) groups excluding carboxylic acids is 1. The van der Waals surface area contributed by atoms with Gasteiger partial charge in [-0.25, -0.2) is 8.78 Å². The number of nitrogens with one attached hydrogen (secondary N) is 1. The van der Waals surface area contributed by atoms with Gasteiger partial charge < -0.3 is 10.1 Å². The molecule has 0 radical (unpaired) electrons. The van der Waals surface area contributed by atoms with Crippen molar-refractivity contribution in [2.24, 2.45) is 0 Å². The van der Waals surface area contributed by atoms with Gasteiger partial charge in [0.1, 0.15) is 5.82 Å². The molecule has 1 aliphatic heterocycles. The lowest BCUT2D eigenvalue weighted by Gasteiger charge is -2.34. The van der Waals surface area contributed by atoms with E-state index in [0.717, 1.165) is 37.3 Å². The van der Waals surface area contributed by atoms with Crippen LogP contribution in [-0.4, -0.2) is 55.5 Å². The fraction of sp³-hybridized carbons (Fsp3) is 0.381. The number of amides is 1. The molecule has 3 rings (SSSR count). The molecule has 1 amide bonds. The van der Waals surface area contributed by atoms with Gasteiger partial charge in [-0.05, 0) is 42.3 Å². The number of benzene rings is 2. The van der Waals surface area contributed by atoms with Crippen LogP contribution in [0.1, 0.15) is 11.1 Å². The number of ether oxygens (including phenoxy) is 1. The smallest absolute Gasteiger partial charge is 0.238 e. The molecular weight excluding hydrogens is 364 g/mol. The molecule has 2 aromatic carbocycles. The number of aryl methyl sites for hydroxylation is 1. The Balaban J connectivity index is 1.46. The van der Waals surface area contributed by atoms with Crippen LogP contribution in [0.25, 0.3) is 0 Å². The number of hydrogen-bond donors (Lipinski definition) is 1. The quantitative estimate of drug-likeness (QED) is 0.825. The Labute approximate surface area is 163 Å². The molecule has 1 fully saturated rings. The molecule has 150 valence electrons. The summed E-state index contributed by atoms with van der Waals surface area (Å²) < 4.78 is 32.1. The summed E-state index contributed by atoms with van der Waals surface area (Å²) in [4.78, 5) is 16.6. The van der Waals surface area contributed by atoms with E-state index in [9.17, 15) is 13.6 Å². The van der Waals surface area contributed by atoms with E-state index in [0.29, 0.717) is 12.2 Å². The number of piperazine rings is 1. The van der Waals surface area contributed by atoms with Crippen molar-refractivity contribution < 1.29 is 18.3 Å². The highest BCUT2D eigenvalue weighted by molar-refractivity contribution is 5.92. The average Bonchev–Trinajstić information content (AvgIpc) is 2.66. The van der Waals surface area contributed by atoms with Crippen molar-refractivity contribution in [3.8, 4) is 5.75 Å². The average molecular weight is 389 g/mol. The Morgan fingerprint density at radius 1 is 1.07 bits per heavy atom. The molecule has 1 N–H and O–H groups in total. The molecule has 1 heterocycles. The van der Waals surface area contributed by atoms with Gasteiger partial charge in [-0.15, -0.1) is 0 Å². The SMILES string of the molecule is COc1ccc(CN2CCN(CC(=O)Nc3cc(F)ccc3C)CC2)cc1F. The molecule has 0 bridgehead atoms. The number of nitrogens with zero attached hydrogens (tertiary/aromatic N) is 2. The summed E-state index contributed by atoms with van der Waals surface area (Å²) >= 11 is 0. The van der Waals surface area contributed by atoms with Crippen LogP contribution in [0.5, 0.6) is 5.75 Å². The zero-order chi connectivity index (χ0) is 20.1. The van der Waals surface area contributed by atoms with Gasteiger partial charge in [0.05, 0.1) is 13.7 Å². The van der Waals surface area contributed by atoms with Crippen LogP contribution in [0.15, 0.2) is 36.4 Å². The lowest BCUT2D eigenvalue weighted by Crippen LogP contribution is -2.48. The van der Waals surface area contributed by atoms with Crippen LogP contribution in [0.3, 0.4) is 0 Å². The van der Waals surface area contributed by atoms with Gasteiger partial charge in [-0.2, -0.15) is 0 Å². The van der Waals surface area contributed by atoms with E-state index in [1.807, 2.05) is 13.0 Å². The third-order valence-electron chi connectivity index (χ3n) is 4.93. The third-order valence-corrected chi connectivity index (χ3v) is 4.93. The second-order valence-corrected chi connectivity index (χ2v) is 7.03. The number of carbonyl (C=O) groups is 1. The standard InChI is InChI=1S/C21H25F2N3O2/c1-15-3-5-17(22)12-19(15)24-21(27)14-26-9-7-25(8-10-26)13-16-4-6-20(28-2)18(23)11-16/h3-6,11-12H,7-10,13-14H2,1-2H3,(H,24,27). The Morgan fingerprint density at radius 2 is 1.79 bits per heavy atom. The Kier molecular flexibility index (Phi) is 6.59. The third kappa shape index (κ3) is 5.27. The predicted molar refractivity (Wildman–Crippen MR) is 104 cm³/mol. The van der Waals surface area contributed by atoms with E-state index in [1.165, 1.54) is 25.3 Å². The molecule has 2 aromatic rings. The van der Waals surface area contributed by atoms with Crippen LogP contribution in [0, 0.1) is 18.6 Å². The zero-order valence-corrected chi connectivity index (χ0v) is 16.2. The number of rotatable bonds is 6. The first-order valence-electron chi connectivity index (χ1n) is 9.28. The first-order valence-corrected chi connectivity index (χ1v) is 9.28. The molecule has 0 saturated carbocycles. The monoisotopic (exact) mass is 389 g/mol. The van der Waals surface area contributed by atoms with Crippen molar-refractivity contribution in [1.82, 2.24) is 9.80 Å². The van der Waals surface area contributed by atoms with E-state index in [2.05, 4.69) is 15.1 Å². The number of halogens is 2. The van der Waals surface area contributed by atoms with Gasteiger partial charge in [0.15, 0.2) is 11.6 Å². The second-order valence-electron chi connectivity index (χ2n) is 7.03. The van der Waals surface area contributed by atoms with E-state index in [-0.39, 0.29) is 29.8 Å². The van der Waals surface area contributed by atoms with Gasteiger partial charge in [0, 0.05) is 38.4 Å². The Hall–Kier alpha value is -2.51. The Morgan fingerprint density at radius 3 is 2.46 bits per heavy atom. The van der Waals surface area contributed by atoms with E-state index in [4.69, 9.17) is 4.74 Å². The highest BCUT2D eigenvalue weighted by Crippen LogP contribution is 2.19. The van der Waals surface area contributed by atoms with Crippen molar-refractivity contribution in [3.63, 3.8) is 0 Å². The van der Waals surface area contributed by atoms with Crippen LogP contribution in [0.4, 0.5) is 14.5 Å². The summed E-state index contributed by atoms with van der Waals surface area (Å²) in [5, 5.41) is 2.78.